The number of rotatable bonds is 3. The van der Waals surface area contributed by atoms with Crippen molar-refractivity contribution in [3.05, 3.63) is 70.7 Å². The molecule has 4 rings (SSSR count). The van der Waals surface area contributed by atoms with Gasteiger partial charge in [-0.2, -0.15) is 0 Å². The van der Waals surface area contributed by atoms with Gasteiger partial charge in [-0.1, -0.05) is 54.6 Å². The molecule has 1 aliphatic rings. The third-order valence-corrected chi connectivity index (χ3v) is 6.06. The average Bonchev–Trinajstić information content (AvgIpc) is 3.03. The average molecular weight is 363 g/mol. The van der Waals surface area contributed by atoms with Gasteiger partial charge in [0.2, 0.25) is 5.91 Å². The number of aromatic nitrogens is 1. The Labute approximate surface area is 157 Å². The number of carbonyl (C=O) groups is 1. The number of benzene rings is 2. The van der Waals surface area contributed by atoms with E-state index in [1.807, 2.05) is 37.2 Å². The van der Waals surface area contributed by atoms with Crippen LogP contribution in [0.3, 0.4) is 0 Å². The SMILES string of the molecule is CN(C)c1nc2c(s1)C(c1ccccc1-c1ccccc1)CC(=O)NC2. The van der Waals surface area contributed by atoms with Gasteiger partial charge >= 0.3 is 0 Å². The highest BCUT2D eigenvalue weighted by molar-refractivity contribution is 7.15. The maximum atomic E-state index is 12.4. The predicted molar refractivity (Wildman–Crippen MR) is 107 cm³/mol. The van der Waals surface area contributed by atoms with E-state index in [1.165, 1.54) is 21.6 Å². The molecule has 0 saturated heterocycles. The normalized spacial score (nSPS) is 16.5. The summed E-state index contributed by atoms with van der Waals surface area (Å²) in [6, 6.07) is 18.8. The molecular weight excluding hydrogens is 342 g/mol. The van der Waals surface area contributed by atoms with E-state index in [0.29, 0.717) is 13.0 Å². The van der Waals surface area contributed by atoms with Crippen LogP contribution in [0.2, 0.25) is 0 Å². The van der Waals surface area contributed by atoms with Crippen LogP contribution in [0, 0.1) is 0 Å². The van der Waals surface area contributed by atoms with E-state index in [4.69, 9.17) is 4.98 Å². The molecule has 1 atom stereocenters. The lowest BCUT2D eigenvalue weighted by molar-refractivity contribution is -0.121. The fraction of sp³-hybridized carbons (Fsp3) is 0.238. The number of amides is 1. The highest BCUT2D eigenvalue weighted by Gasteiger charge is 2.29. The lowest BCUT2D eigenvalue weighted by Gasteiger charge is -2.18. The fourth-order valence-electron chi connectivity index (χ4n) is 3.41. The minimum absolute atomic E-state index is 0.0232. The molecular formula is C21H21N3OS. The molecule has 0 bridgehead atoms. The molecule has 5 heteroatoms. The number of hydrogen-bond acceptors (Lipinski definition) is 4. The second kappa shape index (κ2) is 6.92. The smallest absolute Gasteiger partial charge is 0.221 e. The number of thiazole rings is 1. The van der Waals surface area contributed by atoms with Crippen molar-refractivity contribution in [2.45, 2.75) is 18.9 Å². The number of nitrogens with one attached hydrogen (secondary N) is 1. The summed E-state index contributed by atoms with van der Waals surface area (Å²) in [6.45, 7) is 0.502. The van der Waals surface area contributed by atoms with Gasteiger partial charge in [0.05, 0.1) is 12.2 Å². The first-order valence-electron chi connectivity index (χ1n) is 8.71. The van der Waals surface area contributed by atoms with Crippen LogP contribution in [0.25, 0.3) is 11.1 Å². The topological polar surface area (TPSA) is 45.2 Å². The zero-order valence-electron chi connectivity index (χ0n) is 14.9. The molecule has 0 aliphatic carbocycles. The van der Waals surface area contributed by atoms with E-state index in [0.717, 1.165) is 10.8 Å². The van der Waals surface area contributed by atoms with Gasteiger partial charge in [0.15, 0.2) is 5.13 Å². The summed E-state index contributed by atoms with van der Waals surface area (Å²) >= 11 is 1.69. The molecule has 1 aromatic heterocycles. The quantitative estimate of drug-likeness (QED) is 0.764. The van der Waals surface area contributed by atoms with E-state index < -0.39 is 0 Å². The van der Waals surface area contributed by atoms with E-state index in [2.05, 4.69) is 41.7 Å². The van der Waals surface area contributed by atoms with Crippen molar-refractivity contribution in [1.29, 1.82) is 0 Å². The van der Waals surface area contributed by atoms with Gasteiger partial charge in [-0.3, -0.25) is 4.79 Å². The van der Waals surface area contributed by atoms with Crippen molar-refractivity contribution in [3.8, 4) is 11.1 Å². The first kappa shape index (κ1) is 16.8. The van der Waals surface area contributed by atoms with Crippen LogP contribution in [0.15, 0.2) is 54.6 Å². The minimum Gasteiger partial charge on any atom is -0.354 e. The van der Waals surface area contributed by atoms with Crippen LogP contribution in [-0.2, 0) is 11.3 Å². The van der Waals surface area contributed by atoms with Crippen molar-refractivity contribution in [3.63, 3.8) is 0 Å². The zero-order chi connectivity index (χ0) is 18.1. The maximum Gasteiger partial charge on any atom is 0.221 e. The Morgan fingerprint density at radius 2 is 1.81 bits per heavy atom. The van der Waals surface area contributed by atoms with Gasteiger partial charge in [0, 0.05) is 31.3 Å². The summed E-state index contributed by atoms with van der Waals surface area (Å²) in [5.74, 6) is 0.101. The Morgan fingerprint density at radius 3 is 2.58 bits per heavy atom. The molecule has 0 radical (unpaired) electrons. The first-order chi connectivity index (χ1) is 12.6. The third-order valence-electron chi connectivity index (χ3n) is 4.68. The van der Waals surface area contributed by atoms with Crippen LogP contribution < -0.4 is 10.2 Å². The molecule has 2 aromatic carbocycles. The second-order valence-corrected chi connectivity index (χ2v) is 7.70. The molecule has 3 aromatic rings. The highest BCUT2D eigenvalue weighted by Crippen LogP contribution is 2.42. The Kier molecular flexibility index (Phi) is 4.47. The van der Waals surface area contributed by atoms with Crippen LogP contribution >= 0.6 is 11.3 Å². The second-order valence-electron chi connectivity index (χ2n) is 6.69. The first-order valence-corrected chi connectivity index (χ1v) is 9.53. The minimum atomic E-state index is 0.0232. The molecule has 1 amide bonds. The van der Waals surface area contributed by atoms with Crippen molar-refractivity contribution in [2.24, 2.45) is 0 Å². The van der Waals surface area contributed by atoms with Crippen molar-refractivity contribution in [2.75, 3.05) is 19.0 Å². The largest absolute Gasteiger partial charge is 0.354 e. The number of fused-ring (bicyclic) bond motifs is 1. The summed E-state index contributed by atoms with van der Waals surface area (Å²) in [5, 5.41) is 3.98. The van der Waals surface area contributed by atoms with E-state index in [9.17, 15) is 4.79 Å². The predicted octanol–water partition coefficient (Wildman–Crippen LogP) is 4.03. The summed E-state index contributed by atoms with van der Waals surface area (Å²) < 4.78 is 0. The zero-order valence-corrected chi connectivity index (χ0v) is 15.7. The van der Waals surface area contributed by atoms with E-state index in [1.54, 1.807) is 11.3 Å². The van der Waals surface area contributed by atoms with E-state index >= 15 is 0 Å². The summed E-state index contributed by atoms with van der Waals surface area (Å²) in [4.78, 5) is 20.3. The number of carbonyl (C=O) groups excluding carboxylic acids is 1. The summed E-state index contributed by atoms with van der Waals surface area (Å²) in [7, 11) is 4.01. The van der Waals surface area contributed by atoms with Gasteiger partial charge in [-0.15, -0.1) is 11.3 Å². The van der Waals surface area contributed by atoms with Crippen molar-refractivity contribution in [1.82, 2.24) is 10.3 Å². The number of nitrogens with zero attached hydrogens (tertiary/aromatic N) is 2. The third kappa shape index (κ3) is 3.10. The molecule has 1 N–H and O–H groups in total. The fourth-order valence-corrected chi connectivity index (χ4v) is 4.53. The van der Waals surface area contributed by atoms with Crippen molar-refractivity contribution < 1.29 is 4.79 Å². The van der Waals surface area contributed by atoms with Crippen LogP contribution in [-0.4, -0.2) is 25.0 Å². The number of anilines is 1. The molecule has 0 fully saturated rings. The summed E-state index contributed by atoms with van der Waals surface area (Å²) in [5.41, 5.74) is 4.52. The molecule has 132 valence electrons. The standard InChI is InChI=1S/C21H21N3OS/c1-24(2)21-23-18-13-22-19(25)12-17(20(18)26-21)16-11-7-6-10-15(16)14-8-4-3-5-9-14/h3-11,17H,12-13H2,1-2H3,(H,22,25). The molecule has 1 unspecified atom stereocenters. The molecule has 4 nitrogen and oxygen atoms in total. The molecule has 26 heavy (non-hydrogen) atoms. The summed E-state index contributed by atoms with van der Waals surface area (Å²) in [6.07, 6.45) is 0.450. The van der Waals surface area contributed by atoms with E-state index in [-0.39, 0.29) is 11.8 Å². The van der Waals surface area contributed by atoms with Gasteiger partial charge in [0.25, 0.3) is 0 Å². The molecule has 1 aliphatic heterocycles. The number of hydrogen-bond donors (Lipinski definition) is 1. The van der Waals surface area contributed by atoms with Gasteiger partial charge in [-0.25, -0.2) is 4.98 Å². The Balaban J connectivity index is 1.86. The van der Waals surface area contributed by atoms with Gasteiger partial charge in [-0.05, 0) is 16.7 Å². The Hall–Kier alpha value is -2.66. The lowest BCUT2D eigenvalue weighted by Crippen LogP contribution is -2.21. The maximum absolute atomic E-state index is 12.4. The molecule has 0 spiro atoms. The van der Waals surface area contributed by atoms with Crippen LogP contribution in [0.4, 0.5) is 5.13 Å². The molecule has 0 saturated carbocycles. The van der Waals surface area contributed by atoms with Crippen LogP contribution in [0.5, 0.6) is 0 Å². The van der Waals surface area contributed by atoms with Crippen molar-refractivity contribution >= 4 is 22.4 Å². The van der Waals surface area contributed by atoms with Crippen LogP contribution in [0.1, 0.15) is 28.5 Å². The monoisotopic (exact) mass is 363 g/mol. The Bertz CT molecular complexity index is 933. The Morgan fingerprint density at radius 1 is 1.08 bits per heavy atom. The lowest BCUT2D eigenvalue weighted by atomic mass is 9.87. The molecule has 2 heterocycles. The highest BCUT2D eigenvalue weighted by atomic mass is 32.1. The van der Waals surface area contributed by atoms with Gasteiger partial charge < -0.3 is 10.2 Å². The van der Waals surface area contributed by atoms with Gasteiger partial charge in [0.1, 0.15) is 0 Å².